The molecule has 136 valence electrons. The molecule has 1 heterocycles. The number of nitrogens with zero attached hydrogens (tertiary/aromatic N) is 2. The SMILES string of the molecule is NS(=O)(=O)c1ccc(CNc2nc(C(F)(F)F)nc3ccccc23)cc1. The summed E-state index contributed by atoms with van der Waals surface area (Å²) in [6, 6.07) is 12.0. The first kappa shape index (κ1) is 18.1. The second kappa shape index (κ2) is 6.54. The van der Waals surface area contributed by atoms with E-state index in [1.54, 1.807) is 18.2 Å². The van der Waals surface area contributed by atoms with Crippen LogP contribution in [-0.4, -0.2) is 18.4 Å². The van der Waals surface area contributed by atoms with E-state index in [0.29, 0.717) is 10.9 Å². The lowest BCUT2D eigenvalue weighted by Crippen LogP contribution is -2.14. The molecule has 0 atom stereocenters. The molecule has 0 unspecified atom stereocenters. The van der Waals surface area contributed by atoms with Crippen LogP contribution in [0.4, 0.5) is 19.0 Å². The van der Waals surface area contributed by atoms with Crippen molar-refractivity contribution in [3.63, 3.8) is 0 Å². The zero-order valence-corrected chi connectivity index (χ0v) is 14.0. The van der Waals surface area contributed by atoms with Gasteiger partial charge in [0.2, 0.25) is 15.8 Å². The summed E-state index contributed by atoms with van der Waals surface area (Å²) in [5.41, 5.74) is 0.815. The van der Waals surface area contributed by atoms with Crippen molar-refractivity contribution in [2.75, 3.05) is 5.32 Å². The molecule has 0 aliphatic carbocycles. The zero-order valence-electron chi connectivity index (χ0n) is 13.2. The van der Waals surface area contributed by atoms with Crippen molar-refractivity contribution in [2.45, 2.75) is 17.6 Å². The Bertz CT molecular complexity index is 1050. The topological polar surface area (TPSA) is 98.0 Å². The third-order valence-corrected chi connectivity index (χ3v) is 4.50. The molecule has 0 aliphatic heterocycles. The van der Waals surface area contributed by atoms with Crippen LogP contribution >= 0.6 is 0 Å². The second-order valence-corrected chi connectivity index (χ2v) is 7.01. The maximum atomic E-state index is 13.0. The molecule has 0 saturated carbocycles. The molecule has 1 aromatic heterocycles. The van der Waals surface area contributed by atoms with Gasteiger partial charge in [-0.25, -0.2) is 23.5 Å². The summed E-state index contributed by atoms with van der Waals surface area (Å²) in [7, 11) is -3.80. The Balaban J connectivity index is 1.91. The van der Waals surface area contributed by atoms with Crippen LogP contribution < -0.4 is 10.5 Å². The quantitative estimate of drug-likeness (QED) is 0.723. The van der Waals surface area contributed by atoms with E-state index in [2.05, 4.69) is 15.3 Å². The molecule has 0 amide bonds. The molecule has 3 rings (SSSR count). The number of sulfonamides is 1. The number of alkyl halides is 3. The van der Waals surface area contributed by atoms with Gasteiger partial charge in [0.15, 0.2) is 0 Å². The average molecular weight is 382 g/mol. The molecule has 2 aromatic carbocycles. The monoisotopic (exact) mass is 382 g/mol. The van der Waals surface area contributed by atoms with Crippen LogP contribution in [0.2, 0.25) is 0 Å². The van der Waals surface area contributed by atoms with Crippen molar-refractivity contribution in [3.8, 4) is 0 Å². The highest BCUT2D eigenvalue weighted by Gasteiger charge is 2.35. The van der Waals surface area contributed by atoms with Gasteiger partial charge in [-0.15, -0.1) is 0 Å². The van der Waals surface area contributed by atoms with Crippen LogP contribution in [0, 0.1) is 0 Å². The lowest BCUT2D eigenvalue weighted by molar-refractivity contribution is -0.144. The largest absolute Gasteiger partial charge is 0.451 e. The Morgan fingerprint density at radius 3 is 2.27 bits per heavy atom. The number of aromatic nitrogens is 2. The molecule has 0 aliphatic rings. The number of para-hydroxylation sites is 1. The summed E-state index contributed by atoms with van der Waals surface area (Å²) in [5.74, 6) is -1.19. The summed E-state index contributed by atoms with van der Waals surface area (Å²) >= 11 is 0. The van der Waals surface area contributed by atoms with Gasteiger partial charge < -0.3 is 5.32 Å². The van der Waals surface area contributed by atoms with Gasteiger partial charge in [-0.1, -0.05) is 24.3 Å². The van der Waals surface area contributed by atoms with E-state index in [1.165, 1.54) is 30.3 Å². The summed E-state index contributed by atoms with van der Waals surface area (Å²) < 4.78 is 61.5. The number of hydrogen-bond acceptors (Lipinski definition) is 5. The molecule has 3 N–H and O–H groups in total. The normalized spacial score (nSPS) is 12.3. The highest BCUT2D eigenvalue weighted by Crippen LogP contribution is 2.30. The number of anilines is 1. The average Bonchev–Trinajstić information content (AvgIpc) is 2.58. The Kier molecular flexibility index (Phi) is 4.55. The van der Waals surface area contributed by atoms with Gasteiger partial charge in [0.05, 0.1) is 10.4 Å². The van der Waals surface area contributed by atoms with Crippen LogP contribution in [-0.2, 0) is 22.7 Å². The molecular formula is C16H13F3N4O2S. The van der Waals surface area contributed by atoms with Gasteiger partial charge in [-0.2, -0.15) is 13.2 Å². The second-order valence-electron chi connectivity index (χ2n) is 5.45. The molecule has 26 heavy (non-hydrogen) atoms. The third kappa shape index (κ3) is 3.92. The van der Waals surface area contributed by atoms with E-state index >= 15 is 0 Å². The summed E-state index contributed by atoms with van der Waals surface area (Å²) in [6.45, 7) is 0.142. The van der Waals surface area contributed by atoms with Gasteiger partial charge in [-0.05, 0) is 29.8 Å². The van der Waals surface area contributed by atoms with Crippen LogP contribution in [0.3, 0.4) is 0 Å². The fourth-order valence-electron chi connectivity index (χ4n) is 2.32. The van der Waals surface area contributed by atoms with E-state index in [4.69, 9.17) is 5.14 Å². The standard InChI is InChI=1S/C16H13F3N4O2S/c17-16(18,19)15-22-13-4-2-1-3-12(13)14(23-15)21-9-10-5-7-11(8-6-10)26(20,24)25/h1-8H,9H2,(H2,20,24,25)(H,21,22,23). The molecule has 3 aromatic rings. The number of rotatable bonds is 4. The maximum Gasteiger partial charge on any atom is 0.451 e. The third-order valence-electron chi connectivity index (χ3n) is 3.57. The van der Waals surface area contributed by atoms with Gasteiger partial charge in [-0.3, -0.25) is 0 Å². The molecule has 0 bridgehead atoms. The molecule has 0 radical (unpaired) electrons. The molecule has 0 saturated heterocycles. The minimum absolute atomic E-state index is 0.0402. The van der Waals surface area contributed by atoms with E-state index < -0.39 is 22.0 Å². The van der Waals surface area contributed by atoms with Crippen molar-refractivity contribution >= 4 is 26.7 Å². The number of primary sulfonamides is 1. The molecule has 6 nitrogen and oxygen atoms in total. The molecule has 0 spiro atoms. The highest BCUT2D eigenvalue weighted by molar-refractivity contribution is 7.89. The van der Waals surface area contributed by atoms with Gasteiger partial charge in [0.1, 0.15) is 5.82 Å². The number of nitrogens with two attached hydrogens (primary N) is 1. The van der Waals surface area contributed by atoms with Gasteiger partial charge >= 0.3 is 6.18 Å². The molecule has 0 fully saturated rings. The number of hydrogen-bond donors (Lipinski definition) is 2. The number of fused-ring (bicyclic) bond motifs is 1. The minimum Gasteiger partial charge on any atom is -0.365 e. The van der Waals surface area contributed by atoms with Gasteiger partial charge in [0.25, 0.3) is 0 Å². The minimum atomic E-state index is -4.67. The molecular weight excluding hydrogens is 369 g/mol. The highest BCUT2D eigenvalue weighted by atomic mass is 32.2. The Hall–Kier alpha value is -2.72. The maximum absolute atomic E-state index is 13.0. The fraction of sp³-hybridized carbons (Fsp3) is 0.125. The van der Waals surface area contributed by atoms with Crippen molar-refractivity contribution < 1.29 is 21.6 Å². The Morgan fingerprint density at radius 1 is 1.00 bits per heavy atom. The first-order valence-electron chi connectivity index (χ1n) is 7.34. The van der Waals surface area contributed by atoms with Crippen molar-refractivity contribution in [2.24, 2.45) is 5.14 Å². The first-order chi connectivity index (χ1) is 12.1. The van der Waals surface area contributed by atoms with E-state index in [0.717, 1.165) is 0 Å². The van der Waals surface area contributed by atoms with Crippen LogP contribution in [0.25, 0.3) is 10.9 Å². The Morgan fingerprint density at radius 2 is 1.65 bits per heavy atom. The van der Waals surface area contributed by atoms with Crippen LogP contribution in [0.5, 0.6) is 0 Å². The first-order valence-corrected chi connectivity index (χ1v) is 8.89. The van der Waals surface area contributed by atoms with Crippen molar-refractivity contribution in [1.82, 2.24) is 9.97 Å². The number of benzene rings is 2. The summed E-state index contributed by atoms with van der Waals surface area (Å²) in [6.07, 6.45) is -4.67. The smallest absolute Gasteiger partial charge is 0.365 e. The Labute approximate surface area is 146 Å². The summed E-state index contributed by atoms with van der Waals surface area (Å²) in [4.78, 5) is 7.08. The van der Waals surface area contributed by atoms with Crippen LogP contribution in [0.15, 0.2) is 53.4 Å². The van der Waals surface area contributed by atoms with Gasteiger partial charge in [0, 0.05) is 11.9 Å². The zero-order chi connectivity index (χ0) is 18.9. The van der Waals surface area contributed by atoms with Crippen molar-refractivity contribution in [3.05, 3.63) is 59.9 Å². The number of nitrogens with one attached hydrogen (secondary N) is 1. The summed E-state index contributed by atoms with van der Waals surface area (Å²) in [5, 5.41) is 8.31. The van der Waals surface area contributed by atoms with E-state index in [-0.39, 0.29) is 22.8 Å². The predicted molar refractivity (Wildman–Crippen MR) is 89.7 cm³/mol. The predicted octanol–water partition coefficient (Wildman–Crippen LogP) is 2.91. The van der Waals surface area contributed by atoms with E-state index in [1.807, 2.05) is 0 Å². The fourth-order valence-corrected chi connectivity index (χ4v) is 2.84. The van der Waals surface area contributed by atoms with E-state index in [9.17, 15) is 21.6 Å². The lowest BCUT2D eigenvalue weighted by atomic mass is 10.2. The van der Waals surface area contributed by atoms with Crippen LogP contribution in [0.1, 0.15) is 11.4 Å². The molecule has 10 heteroatoms. The number of halogens is 3. The lowest BCUT2D eigenvalue weighted by Gasteiger charge is -2.12. The van der Waals surface area contributed by atoms with Crippen molar-refractivity contribution in [1.29, 1.82) is 0 Å².